The van der Waals surface area contributed by atoms with Crippen LogP contribution >= 0.6 is 0 Å². The molecule has 0 radical (unpaired) electrons. The molecule has 0 bridgehead atoms. The number of aliphatic hydroxyl groups excluding tert-OH is 1. The Morgan fingerprint density at radius 2 is 2.04 bits per heavy atom. The second kappa shape index (κ2) is 8.25. The zero-order valence-electron chi connectivity index (χ0n) is 15.1. The molecule has 0 saturated heterocycles. The van der Waals surface area contributed by atoms with Gasteiger partial charge in [-0.15, -0.1) is 0 Å². The normalized spacial score (nSPS) is 13.0. The van der Waals surface area contributed by atoms with Crippen LogP contribution in [0.5, 0.6) is 0 Å². The van der Waals surface area contributed by atoms with Crippen LogP contribution in [0.3, 0.4) is 0 Å². The van der Waals surface area contributed by atoms with Gasteiger partial charge in [0.2, 0.25) is 5.91 Å². The molecule has 3 N–H and O–H groups in total. The molecule has 6 nitrogen and oxygen atoms in total. The zero-order valence-corrected chi connectivity index (χ0v) is 15.1. The fourth-order valence-corrected chi connectivity index (χ4v) is 2.79. The Kier molecular flexibility index (Phi) is 6.31. The average molecular weight is 345 g/mol. The van der Waals surface area contributed by atoms with E-state index in [4.69, 9.17) is 5.11 Å². The second-order valence-electron chi connectivity index (χ2n) is 7.38. The average Bonchev–Trinajstić information content (AvgIpc) is 2.54. The summed E-state index contributed by atoms with van der Waals surface area (Å²) in [5, 5.41) is 12.7. The maximum Gasteiger partial charge on any atom is 0.258 e. The van der Waals surface area contributed by atoms with Crippen LogP contribution in [0, 0.1) is 5.41 Å². The standard InChI is InChI=1S/C19H27N3O3/c1-19(2,3)15(11-12-23)21-17(24)10-6-9-16-20-14-8-5-4-7-13(14)18(25)22-16/h4-5,7-8,15,23H,6,9-12H2,1-3H3,(H,21,24)(H,20,22,25). The number of rotatable bonds is 7. The first-order valence-corrected chi connectivity index (χ1v) is 8.69. The maximum atomic E-state index is 12.2. The second-order valence-corrected chi connectivity index (χ2v) is 7.38. The van der Waals surface area contributed by atoms with Crippen molar-refractivity contribution in [3.63, 3.8) is 0 Å². The van der Waals surface area contributed by atoms with E-state index >= 15 is 0 Å². The third kappa shape index (κ3) is 5.39. The van der Waals surface area contributed by atoms with E-state index in [0.29, 0.717) is 42.4 Å². The number of amides is 1. The molecule has 6 heteroatoms. The predicted octanol–water partition coefficient (Wildman–Crippen LogP) is 2.16. The molecular formula is C19H27N3O3. The summed E-state index contributed by atoms with van der Waals surface area (Å²) in [6, 6.07) is 7.14. The first-order valence-electron chi connectivity index (χ1n) is 8.69. The minimum atomic E-state index is -0.152. The highest BCUT2D eigenvalue weighted by Gasteiger charge is 2.25. The van der Waals surface area contributed by atoms with E-state index in [1.165, 1.54) is 0 Å². The zero-order chi connectivity index (χ0) is 18.4. The summed E-state index contributed by atoms with van der Waals surface area (Å²) in [6.07, 6.45) is 2.03. The molecule has 0 spiro atoms. The number of benzene rings is 1. The van der Waals surface area contributed by atoms with E-state index in [0.717, 1.165) is 0 Å². The summed E-state index contributed by atoms with van der Waals surface area (Å²) in [4.78, 5) is 31.4. The van der Waals surface area contributed by atoms with Gasteiger partial charge in [-0.3, -0.25) is 9.59 Å². The number of nitrogens with one attached hydrogen (secondary N) is 2. The summed E-state index contributed by atoms with van der Waals surface area (Å²) in [5.41, 5.74) is 0.408. The molecule has 1 heterocycles. The molecule has 2 rings (SSSR count). The molecule has 25 heavy (non-hydrogen) atoms. The van der Waals surface area contributed by atoms with Crippen LogP contribution in [0.2, 0.25) is 0 Å². The van der Waals surface area contributed by atoms with Crippen LogP contribution in [0.15, 0.2) is 29.1 Å². The van der Waals surface area contributed by atoms with Crippen LogP contribution in [-0.4, -0.2) is 33.6 Å². The van der Waals surface area contributed by atoms with Gasteiger partial charge in [0.05, 0.1) is 10.9 Å². The fourth-order valence-electron chi connectivity index (χ4n) is 2.79. The van der Waals surface area contributed by atoms with E-state index in [9.17, 15) is 9.59 Å². The quantitative estimate of drug-likeness (QED) is 0.716. The highest BCUT2D eigenvalue weighted by Crippen LogP contribution is 2.21. The number of hydrogen-bond acceptors (Lipinski definition) is 4. The molecule has 0 aliphatic carbocycles. The molecule has 0 aliphatic heterocycles. The molecule has 1 aromatic carbocycles. The third-order valence-electron chi connectivity index (χ3n) is 4.28. The number of hydrogen-bond donors (Lipinski definition) is 3. The van der Waals surface area contributed by atoms with Crippen molar-refractivity contribution in [2.24, 2.45) is 5.41 Å². The molecule has 0 saturated carbocycles. The van der Waals surface area contributed by atoms with Gasteiger partial charge in [-0.25, -0.2) is 4.98 Å². The van der Waals surface area contributed by atoms with E-state index in [-0.39, 0.29) is 29.5 Å². The van der Waals surface area contributed by atoms with E-state index < -0.39 is 0 Å². The molecule has 0 fully saturated rings. The molecule has 1 atom stereocenters. The highest BCUT2D eigenvalue weighted by molar-refractivity contribution is 5.77. The Morgan fingerprint density at radius 3 is 2.72 bits per heavy atom. The molecule has 1 amide bonds. The molecular weight excluding hydrogens is 318 g/mol. The van der Waals surface area contributed by atoms with Crippen LogP contribution in [0.1, 0.15) is 45.9 Å². The van der Waals surface area contributed by atoms with Gasteiger partial charge in [0, 0.05) is 25.5 Å². The maximum absolute atomic E-state index is 12.2. The minimum Gasteiger partial charge on any atom is -0.396 e. The lowest BCUT2D eigenvalue weighted by molar-refractivity contribution is -0.122. The lowest BCUT2D eigenvalue weighted by Gasteiger charge is -2.31. The van der Waals surface area contributed by atoms with Gasteiger partial charge in [0.1, 0.15) is 5.82 Å². The monoisotopic (exact) mass is 345 g/mol. The largest absolute Gasteiger partial charge is 0.396 e. The number of H-pyrrole nitrogens is 1. The SMILES string of the molecule is CC(C)(C)C(CCO)NC(=O)CCCc1nc2ccccc2c(=O)[nH]1. The topological polar surface area (TPSA) is 95.1 Å². The predicted molar refractivity (Wildman–Crippen MR) is 98.4 cm³/mol. The molecule has 0 aliphatic rings. The number of para-hydroxylation sites is 1. The Morgan fingerprint density at radius 1 is 1.32 bits per heavy atom. The lowest BCUT2D eigenvalue weighted by Crippen LogP contribution is -2.44. The van der Waals surface area contributed by atoms with E-state index in [1.54, 1.807) is 12.1 Å². The first-order chi connectivity index (χ1) is 11.8. The molecule has 1 aromatic heterocycles. The van der Waals surface area contributed by atoms with Crippen molar-refractivity contribution in [3.05, 3.63) is 40.4 Å². The van der Waals surface area contributed by atoms with Crippen molar-refractivity contribution in [2.45, 2.75) is 52.5 Å². The highest BCUT2D eigenvalue weighted by atomic mass is 16.3. The molecule has 2 aromatic rings. The van der Waals surface area contributed by atoms with Gasteiger partial charge in [0.25, 0.3) is 5.56 Å². The van der Waals surface area contributed by atoms with Gasteiger partial charge < -0.3 is 15.4 Å². The van der Waals surface area contributed by atoms with Crippen molar-refractivity contribution in [1.82, 2.24) is 15.3 Å². The van der Waals surface area contributed by atoms with E-state index in [1.807, 2.05) is 32.9 Å². The Labute approximate surface area is 147 Å². The molecule has 136 valence electrons. The van der Waals surface area contributed by atoms with Crippen molar-refractivity contribution < 1.29 is 9.90 Å². The smallest absolute Gasteiger partial charge is 0.258 e. The Balaban J connectivity index is 1.92. The van der Waals surface area contributed by atoms with Gasteiger partial charge in [-0.1, -0.05) is 32.9 Å². The lowest BCUT2D eigenvalue weighted by atomic mass is 9.85. The Bertz CT molecular complexity index is 777. The number of aryl methyl sites for hydroxylation is 1. The van der Waals surface area contributed by atoms with E-state index in [2.05, 4.69) is 15.3 Å². The van der Waals surface area contributed by atoms with Gasteiger partial charge >= 0.3 is 0 Å². The van der Waals surface area contributed by atoms with Crippen molar-refractivity contribution in [3.8, 4) is 0 Å². The number of aromatic amines is 1. The number of carbonyl (C=O) groups is 1. The third-order valence-corrected chi connectivity index (χ3v) is 4.28. The summed E-state index contributed by atoms with van der Waals surface area (Å²) in [5.74, 6) is 0.552. The van der Waals surface area contributed by atoms with Gasteiger partial charge in [-0.05, 0) is 30.4 Å². The van der Waals surface area contributed by atoms with Gasteiger partial charge in [-0.2, -0.15) is 0 Å². The summed E-state index contributed by atoms with van der Waals surface area (Å²) >= 11 is 0. The summed E-state index contributed by atoms with van der Waals surface area (Å²) in [7, 11) is 0. The number of aliphatic hydroxyl groups is 1. The minimum absolute atomic E-state index is 0.0449. The summed E-state index contributed by atoms with van der Waals surface area (Å²) in [6.45, 7) is 6.16. The number of carbonyl (C=O) groups excluding carboxylic acids is 1. The summed E-state index contributed by atoms with van der Waals surface area (Å²) < 4.78 is 0. The van der Waals surface area contributed by atoms with Crippen molar-refractivity contribution in [1.29, 1.82) is 0 Å². The number of aromatic nitrogens is 2. The first kappa shape index (κ1) is 19.1. The van der Waals surface area contributed by atoms with Crippen LogP contribution in [-0.2, 0) is 11.2 Å². The van der Waals surface area contributed by atoms with Crippen molar-refractivity contribution in [2.75, 3.05) is 6.61 Å². The Hall–Kier alpha value is -2.21. The van der Waals surface area contributed by atoms with Crippen LogP contribution in [0.4, 0.5) is 0 Å². The fraction of sp³-hybridized carbons (Fsp3) is 0.526. The number of nitrogens with zero attached hydrogens (tertiary/aromatic N) is 1. The van der Waals surface area contributed by atoms with Crippen molar-refractivity contribution >= 4 is 16.8 Å². The van der Waals surface area contributed by atoms with Gasteiger partial charge in [0.15, 0.2) is 0 Å². The van der Waals surface area contributed by atoms with Crippen LogP contribution < -0.4 is 10.9 Å². The molecule has 1 unspecified atom stereocenters. The van der Waals surface area contributed by atoms with Crippen LogP contribution in [0.25, 0.3) is 10.9 Å². The number of fused-ring (bicyclic) bond motifs is 1.